The van der Waals surface area contributed by atoms with Crippen LogP contribution in [0.3, 0.4) is 0 Å². The first-order chi connectivity index (χ1) is 20.1. The smallest absolute Gasteiger partial charge is 0.0866 e. The quantitative estimate of drug-likeness (QED) is 0.159. The molecule has 0 spiro atoms. The summed E-state index contributed by atoms with van der Waals surface area (Å²) in [6.45, 7) is 48.2. The van der Waals surface area contributed by atoms with Gasteiger partial charge in [0.1, 0.15) is 8.80 Å². The van der Waals surface area contributed by atoms with Gasteiger partial charge in [-0.15, -0.1) is 0 Å². The molecule has 249 valence electrons. The Hall–Kier alpha value is -0.132. The van der Waals surface area contributed by atoms with Gasteiger partial charge in [0.15, 0.2) is 0 Å². The van der Waals surface area contributed by atoms with Crippen LogP contribution in [0.5, 0.6) is 0 Å². The highest BCUT2D eigenvalue weighted by atomic mass is 31.1. The van der Waals surface area contributed by atoms with Crippen LogP contribution in [0.2, 0.25) is 118 Å². The molecule has 0 atom stereocenters. The van der Waals surface area contributed by atoms with Crippen LogP contribution in [0, 0.1) is 0 Å². The number of rotatable bonds is 11. The average molecular weight is 741 g/mol. The normalized spacial score (nSPS) is 16.5. The average Bonchev–Trinajstić information content (AvgIpc) is 2.79. The fourth-order valence-electron chi connectivity index (χ4n) is 9.80. The number of benzene rings is 2. The third-order valence-corrected chi connectivity index (χ3v) is 42.0. The van der Waals surface area contributed by atoms with Gasteiger partial charge in [-0.2, -0.15) is 0 Å². The summed E-state index contributed by atoms with van der Waals surface area (Å²) in [6.07, 6.45) is 0. The molecule has 0 N–H and O–H groups in total. The molecule has 0 aromatic heterocycles. The minimum atomic E-state index is -1.54. The van der Waals surface area contributed by atoms with Gasteiger partial charge in [-0.05, 0) is 50.6 Å². The summed E-state index contributed by atoms with van der Waals surface area (Å²) < 4.78 is 0. The molecule has 45 heavy (non-hydrogen) atoms. The topological polar surface area (TPSA) is 0 Å². The fraction of sp³-hybridized carbons (Fsp3) is 0.568. The zero-order chi connectivity index (χ0) is 34.6. The highest BCUT2D eigenvalue weighted by molar-refractivity contribution is 7.72. The molecule has 3 rings (SSSR count). The summed E-state index contributed by atoms with van der Waals surface area (Å²) in [5, 5.41) is 5.60. The van der Waals surface area contributed by atoms with E-state index in [2.05, 4.69) is 183 Å². The molecule has 0 amide bonds. The maximum Gasteiger partial charge on any atom is 0.140 e. The Morgan fingerprint density at radius 2 is 0.800 bits per heavy atom. The first kappa shape index (κ1) is 39.3. The summed E-state index contributed by atoms with van der Waals surface area (Å²) in [6, 6.07) is 17.0. The van der Waals surface area contributed by atoms with Crippen molar-refractivity contribution in [3.8, 4) is 0 Å². The Balaban J connectivity index is 2.55. The van der Waals surface area contributed by atoms with Gasteiger partial charge >= 0.3 is 0 Å². The molecule has 0 nitrogen and oxygen atoms in total. The van der Waals surface area contributed by atoms with Crippen molar-refractivity contribution in [3.63, 3.8) is 0 Å². The Morgan fingerprint density at radius 1 is 0.467 bits per heavy atom. The van der Waals surface area contributed by atoms with Gasteiger partial charge in [-0.25, -0.2) is 0 Å². The lowest BCUT2D eigenvalue weighted by Gasteiger charge is -2.46. The van der Waals surface area contributed by atoms with Gasteiger partial charge in [0.05, 0.1) is 0 Å². The highest BCUT2D eigenvalue weighted by Gasteiger charge is 2.47. The molecule has 0 unspecified atom stereocenters. The van der Waals surface area contributed by atoms with E-state index >= 15 is 0 Å². The van der Waals surface area contributed by atoms with Crippen LogP contribution in [0.25, 0.3) is 0 Å². The van der Waals surface area contributed by atoms with Crippen LogP contribution in [0.15, 0.2) is 65.5 Å². The number of hydrogen-bond donors (Lipinski definition) is 0. The van der Waals surface area contributed by atoms with Gasteiger partial charge in [0.25, 0.3) is 0 Å². The Morgan fingerprint density at radius 3 is 1.11 bits per heavy atom. The van der Waals surface area contributed by atoms with Crippen LogP contribution in [0.1, 0.15) is 32.2 Å². The van der Waals surface area contributed by atoms with Crippen LogP contribution >= 0.6 is 7.92 Å². The summed E-state index contributed by atoms with van der Waals surface area (Å²) in [5.41, 5.74) is 10.9. The molecule has 1 aliphatic heterocycles. The van der Waals surface area contributed by atoms with E-state index in [0.717, 1.165) is 15.5 Å². The predicted octanol–water partition coefficient (Wildman–Crippen LogP) is 11.8. The van der Waals surface area contributed by atoms with Gasteiger partial charge < -0.3 is 0 Å². The zero-order valence-electron chi connectivity index (χ0n) is 32.5. The van der Waals surface area contributed by atoms with Crippen molar-refractivity contribution < 1.29 is 0 Å². The SMILES string of the molecule is C[Si](C)(C)C(c1cc(C([Si](C)(C)C)[Si](C)(C)C)c([Si]2C=CP(c3ccccc3)C=C2)c(C([Si](C)(C)C)[Si](C)(C)C)c1)[Si](C)(C)C. The van der Waals surface area contributed by atoms with Crippen molar-refractivity contribution in [2.24, 2.45) is 0 Å². The maximum atomic E-state index is 2.89. The summed E-state index contributed by atoms with van der Waals surface area (Å²) >= 11 is 0. The highest BCUT2D eigenvalue weighted by Crippen LogP contribution is 2.46. The van der Waals surface area contributed by atoms with E-state index in [1.807, 2.05) is 16.3 Å². The van der Waals surface area contributed by atoms with E-state index in [-0.39, 0.29) is 7.92 Å². The van der Waals surface area contributed by atoms with E-state index in [9.17, 15) is 0 Å². The van der Waals surface area contributed by atoms with Crippen molar-refractivity contribution in [2.45, 2.75) is 133 Å². The van der Waals surface area contributed by atoms with E-state index in [1.165, 1.54) is 5.30 Å². The van der Waals surface area contributed by atoms with E-state index in [4.69, 9.17) is 0 Å². The third kappa shape index (κ3) is 9.52. The summed E-state index contributed by atoms with van der Waals surface area (Å²) in [7, 11) is -10.5. The van der Waals surface area contributed by atoms with Crippen molar-refractivity contribution in [3.05, 3.63) is 82.2 Å². The van der Waals surface area contributed by atoms with Crippen LogP contribution in [-0.4, -0.2) is 57.2 Å². The predicted molar refractivity (Wildman–Crippen MR) is 231 cm³/mol. The van der Waals surface area contributed by atoms with Crippen LogP contribution < -0.4 is 10.5 Å². The monoisotopic (exact) mass is 739 g/mol. The van der Waals surface area contributed by atoms with E-state index in [1.54, 1.807) is 5.56 Å². The third-order valence-electron chi connectivity index (χ3n) is 9.55. The summed E-state index contributed by atoms with van der Waals surface area (Å²) in [5.74, 6) is 5.26. The zero-order valence-corrected chi connectivity index (χ0v) is 40.4. The molecular weight excluding hydrogens is 672 g/mol. The number of hydrogen-bond acceptors (Lipinski definition) is 0. The molecule has 0 aliphatic carbocycles. The minimum Gasteiger partial charge on any atom is -0.0866 e. The minimum absolute atomic E-state index is 0.361. The Labute approximate surface area is 289 Å². The molecule has 0 saturated carbocycles. The molecule has 2 aromatic carbocycles. The standard InChI is InChI=1S/C37H68PSi7/c1-40(2,3)35(41(4,5)6)30-28-32(36(42(7,8)9)43(10,11)12)34(33(29-30)37(44(13,14)15)45(16,17)18)39-26-24-38(25-27-39)31-22-20-19-21-23-31/h19-29,35-37H,1-18H3. The van der Waals surface area contributed by atoms with Crippen molar-refractivity contribution in [1.29, 1.82) is 0 Å². The van der Waals surface area contributed by atoms with Crippen molar-refractivity contribution in [2.75, 3.05) is 0 Å². The molecule has 1 heterocycles. The second kappa shape index (κ2) is 13.6. The lowest BCUT2D eigenvalue weighted by atomic mass is 10.1. The molecule has 0 bridgehead atoms. The largest absolute Gasteiger partial charge is 0.140 e. The Kier molecular flexibility index (Phi) is 11.9. The Bertz CT molecular complexity index is 1260. The van der Waals surface area contributed by atoms with E-state index in [0.29, 0.717) is 0 Å². The van der Waals surface area contributed by atoms with E-state index < -0.39 is 57.2 Å². The fourth-order valence-corrected chi connectivity index (χ4v) is 53.6. The lowest BCUT2D eigenvalue weighted by Crippen LogP contribution is -2.54. The molecular formula is C37H68PSi7. The molecule has 0 fully saturated rings. The first-order valence-corrected chi connectivity index (χ1v) is 42.0. The molecule has 2 aromatic rings. The van der Waals surface area contributed by atoms with Gasteiger partial charge in [0, 0.05) is 48.4 Å². The molecule has 1 radical (unpaired) electrons. The maximum absolute atomic E-state index is 2.89. The first-order valence-electron chi connectivity index (χ1n) is 17.4. The second-order valence-corrected chi connectivity index (χ2v) is 58.0. The van der Waals surface area contributed by atoms with Gasteiger partial charge in [0.2, 0.25) is 0 Å². The molecule has 0 saturated heterocycles. The van der Waals surface area contributed by atoms with Crippen molar-refractivity contribution >= 4 is 75.7 Å². The van der Waals surface area contributed by atoms with Gasteiger partial charge in [-0.1, -0.05) is 183 Å². The van der Waals surface area contributed by atoms with Crippen molar-refractivity contribution in [1.82, 2.24) is 0 Å². The van der Waals surface area contributed by atoms with Crippen LogP contribution in [-0.2, 0) is 0 Å². The molecule has 8 heteroatoms. The van der Waals surface area contributed by atoms with Gasteiger partial charge in [-0.3, -0.25) is 0 Å². The molecule has 1 aliphatic rings. The van der Waals surface area contributed by atoms with Crippen LogP contribution in [0.4, 0.5) is 0 Å². The lowest BCUT2D eigenvalue weighted by molar-refractivity contribution is 1.10. The summed E-state index contributed by atoms with van der Waals surface area (Å²) in [4.78, 5) is 0. The second-order valence-electron chi connectivity index (χ2n) is 20.4.